The van der Waals surface area contributed by atoms with Crippen LogP contribution in [0.3, 0.4) is 0 Å². The monoisotopic (exact) mass is 221 g/mol. The Morgan fingerprint density at radius 2 is 2.20 bits per heavy atom. The number of benzene rings is 1. The third kappa shape index (κ3) is 1.96. The van der Waals surface area contributed by atoms with Crippen molar-refractivity contribution in [1.29, 1.82) is 0 Å². The zero-order valence-corrected chi connectivity index (χ0v) is 9.51. The largest absolute Gasteiger partial charge is 0.378 e. The highest BCUT2D eigenvalue weighted by atomic mass is 35.5. The number of rotatable bonds is 2. The Balaban J connectivity index is 2.63. The van der Waals surface area contributed by atoms with Crippen molar-refractivity contribution in [1.82, 2.24) is 4.98 Å². The van der Waals surface area contributed by atoms with E-state index in [1.807, 2.05) is 31.3 Å². The van der Waals surface area contributed by atoms with E-state index in [4.69, 9.17) is 16.3 Å². The minimum Gasteiger partial charge on any atom is -0.378 e. The van der Waals surface area contributed by atoms with Crippen LogP contribution in [0.15, 0.2) is 24.4 Å². The van der Waals surface area contributed by atoms with E-state index in [1.165, 1.54) is 0 Å². The number of fused-ring (bicyclic) bond motifs is 1. The second-order valence-electron chi connectivity index (χ2n) is 3.50. The SMILES string of the molecule is COCc1cc2c(C)c(Cl)ccc2cn1. The van der Waals surface area contributed by atoms with E-state index in [0.29, 0.717) is 6.61 Å². The Morgan fingerprint density at radius 3 is 2.93 bits per heavy atom. The van der Waals surface area contributed by atoms with Gasteiger partial charge >= 0.3 is 0 Å². The van der Waals surface area contributed by atoms with Gasteiger partial charge in [0.05, 0.1) is 12.3 Å². The molecule has 2 aromatic rings. The molecular formula is C12H12ClNO. The Kier molecular flexibility index (Phi) is 2.89. The summed E-state index contributed by atoms with van der Waals surface area (Å²) in [5, 5.41) is 3.04. The number of ether oxygens (including phenoxy) is 1. The number of hydrogen-bond donors (Lipinski definition) is 0. The molecule has 0 aliphatic rings. The van der Waals surface area contributed by atoms with Gasteiger partial charge in [-0.2, -0.15) is 0 Å². The molecule has 0 bridgehead atoms. The van der Waals surface area contributed by atoms with Crippen molar-refractivity contribution in [2.75, 3.05) is 7.11 Å². The number of aromatic nitrogens is 1. The van der Waals surface area contributed by atoms with Crippen LogP contribution in [-0.4, -0.2) is 12.1 Å². The third-order valence-electron chi connectivity index (χ3n) is 2.46. The van der Waals surface area contributed by atoms with E-state index in [1.54, 1.807) is 7.11 Å². The topological polar surface area (TPSA) is 22.1 Å². The molecule has 2 nitrogen and oxygen atoms in total. The lowest BCUT2D eigenvalue weighted by atomic mass is 10.1. The first-order chi connectivity index (χ1) is 7.22. The zero-order valence-electron chi connectivity index (χ0n) is 8.75. The lowest BCUT2D eigenvalue weighted by Gasteiger charge is -2.06. The molecule has 0 amide bonds. The van der Waals surface area contributed by atoms with E-state index < -0.39 is 0 Å². The Morgan fingerprint density at radius 1 is 1.40 bits per heavy atom. The lowest BCUT2D eigenvalue weighted by Crippen LogP contribution is -1.92. The molecule has 0 unspecified atom stereocenters. The van der Waals surface area contributed by atoms with Crippen molar-refractivity contribution >= 4 is 22.4 Å². The van der Waals surface area contributed by atoms with Gasteiger partial charge in [0, 0.05) is 23.7 Å². The minimum atomic E-state index is 0.530. The second kappa shape index (κ2) is 4.17. The zero-order chi connectivity index (χ0) is 10.8. The number of pyridine rings is 1. The Bertz CT molecular complexity index is 496. The molecule has 0 aliphatic carbocycles. The molecule has 15 heavy (non-hydrogen) atoms. The first-order valence-electron chi connectivity index (χ1n) is 4.75. The molecule has 0 saturated heterocycles. The molecule has 1 heterocycles. The summed E-state index contributed by atoms with van der Waals surface area (Å²) in [7, 11) is 1.66. The van der Waals surface area contributed by atoms with Gasteiger partial charge in [0.2, 0.25) is 0 Å². The molecule has 0 aliphatic heterocycles. The van der Waals surface area contributed by atoms with Gasteiger partial charge in [-0.15, -0.1) is 0 Å². The molecule has 0 fully saturated rings. The van der Waals surface area contributed by atoms with Gasteiger partial charge in [0.25, 0.3) is 0 Å². The summed E-state index contributed by atoms with van der Waals surface area (Å²) in [5.74, 6) is 0. The van der Waals surface area contributed by atoms with E-state index in [-0.39, 0.29) is 0 Å². The van der Waals surface area contributed by atoms with Gasteiger partial charge < -0.3 is 4.74 Å². The number of methoxy groups -OCH3 is 1. The normalized spacial score (nSPS) is 10.9. The quantitative estimate of drug-likeness (QED) is 0.776. The fourth-order valence-electron chi connectivity index (χ4n) is 1.61. The van der Waals surface area contributed by atoms with E-state index in [9.17, 15) is 0 Å². The maximum Gasteiger partial charge on any atom is 0.0884 e. The van der Waals surface area contributed by atoms with Gasteiger partial charge in [-0.25, -0.2) is 0 Å². The van der Waals surface area contributed by atoms with Gasteiger partial charge in [-0.1, -0.05) is 17.7 Å². The first kappa shape index (κ1) is 10.4. The van der Waals surface area contributed by atoms with Crippen LogP contribution in [0, 0.1) is 6.92 Å². The molecule has 0 saturated carbocycles. The fourth-order valence-corrected chi connectivity index (χ4v) is 1.77. The minimum absolute atomic E-state index is 0.530. The van der Waals surface area contributed by atoms with Crippen molar-refractivity contribution in [3.05, 3.63) is 40.7 Å². The molecule has 0 atom stereocenters. The molecule has 78 valence electrons. The number of hydrogen-bond acceptors (Lipinski definition) is 2. The van der Waals surface area contributed by atoms with Gasteiger partial charge in [0.15, 0.2) is 0 Å². The summed E-state index contributed by atoms with van der Waals surface area (Å²) in [6.07, 6.45) is 1.85. The Labute approximate surface area is 93.8 Å². The lowest BCUT2D eigenvalue weighted by molar-refractivity contribution is 0.181. The fraction of sp³-hybridized carbons (Fsp3) is 0.250. The third-order valence-corrected chi connectivity index (χ3v) is 2.86. The molecule has 1 aromatic carbocycles. The molecule has 2 rings (SSSR count). The molecule has 0 spiro atoms. The molecule has 0 N–H and O–H groups in total. The standard InChI is InChI=1S/C12H12ClNO/c1-8-11-5-10(7-15-2)14-6-9(11)3-4-12(8)13/h3-6H,7H2,1-2H3. The summed E-state index contributed by atoms with van der Waals surface area (Å²) < 4.78 is 5.05. The van der Waals surface area contributed by atoms with Crippen LogP contribution in [0.2, 0.25) is 5.02 Å². The van der Waals surface area contributed by atoms with Gasteiger partial charge in [0.1, 0.15) is 0 Å². The van der Waals surface area contributed by atoms with Crippen LogP contribution in [0.4, 0.5) is 0 Å². The molecule has 1 aromatic heterocycles. The highest BCUT2D eigenvalue weighted by Gasteiger charge is 2.03. The number of nitrogens with zero attached hydrogens (tertiary/aromatic N) is 1. The summed E-state index contributed by atoms with van der Waals surface area (Å²) in [6.45, 7) is 2.54. The van der Waals surface area contributed by atoms with Crippen molar-refractivity contribution in [3.63, 3.8) is 0 Å². The average molecular weight is 222 g/mol. The maximum absolute atomic E-state index is 6.07. The maximum atomic E-state index is 6.07. The predicted octanol–water partition coefficient (Wildman–Crippen LogP) is 3.34. The number of aryl methyl sites for hydroxylation is 1. The highest BCUT2D eigenvalue weighted by Crippen LogP contribution is 2.25. The van der Waals surface area contributed by atoms with Crippen LogP contribution in [0.5, 0.6) is 0 Å². The van der Waals surface area contributed by atoms with Crippen molar-refractivity contribution in [2.45, 2.75) is 13.5 Å². The van der Waals surface area contributed by atoms with Gasteiger partial charge in [-0.3, -0.25) is 4.98 Å². The van der Waals surface area contributed by atoms with Gasteiger partial charge in [-0.05, 0) is 30.0 Å². The predicted molar refractivity (Wildman–Crippen MR) is 62.2 cm³/mol. The van der Waals surface area contributed by atoms with Crippen LogP contribution in [0.25, 0.3) is 10.8 Å². The van der Waals surface area contributed by atoms with Crippen molar-refractivity contribution < 1.29 is 4.74 Å². The van der Waals surface area contributed by atoms with Crippen molar-refractivity contribution in [2.24, 2.45) is 0 Å². The molecular weight excluding hydrogens is 210 g/mol. The van der Waals surface area contributed by atoms with Crippen molar-refractivity contribution in [3.8, 4) is 0 Å². The first-order valence-corrected chi connectivity index (χ1v) is 5.13. The second-order valence-corrected chi connectivity index (χ2v) is 3.91. The summed E-state index contributed by atoms with van der Waals surface area (Å²) in [4.78, 5) is 4.30. The Hall–Kier alpha value is -1.12. The average Bonchev–Trinajstić information content (AvgIpc) is 2.25. The van der Waals surface area contributed by atoms with E-state index >= 15 is 0 Å². The molecule has 0 radical (unpaired) electrons. The van der Waals surface area contributed by atoms with Crippen LogP contribution in [-0.2, 0) is 11.3 Å². The van der Waals surface area contributed by atoms with Crippen LogP contribution in [0.1, 0.15) is 11.3 Å². The number of halogens is 1. The van der Waals surface area contributed by atoms with Crippen LogP contribution >= 0.6 is 11.6 Å². The smallest absolute Gasteiger partial charge is 0.0884 e. The van der Waals surface area contributed by atoms with Crippen LogP contribution < -0.4 is 0 Å². The summed E-state index contributed by atoms with van der Waals surface area (Å²) in [5.41, 5.74) is 2.02. The van der Waals surface area contributed by atoms with E-state index in [0.717, 1.165) is 27.1 Å². The summed E-state index contributed by atoms with van der Waals surface area (Å²) in [6, 6.07) is 5.91. The molecule has 3 heteroatoms. The van der Waals surface area contributed by atoms with E-state index in [2.05, 4.69) is 4.98 Å². The summed E-state index contributed by atoms with van der Waals surface area (Å²) >= 11 is 6.07. The highest BCUT2D eigenvalue weighted by molar-refractivity contribution is 6.32.